The molecule has 3 amide bonds. The Kier molecular flexibility index (Phi) is 4.76. The second-order valence-corrected chi connectivity index (χ2v) is 7.39. The van der Waals surface area contributed by atoms with Crippen LogP contribution < -0.4 is 10.9 Å². The number of hydrogen-bond donors (Lipinski definition) is 1. The summed E-state index contributed by atoms with van der Waals surface area (Å²) >= 11 is 0. The number of nitrogens with one attached hydrogen (secondary N) is 1. The van der Waals surface area contributed by atoms with Gasteiger partial charge in [-0.1, -0.05) is 18.2 Å². The van der Waals surface area contributed by atoms with Crippen molar-refractivity contribution in [3.8, 4) is 0 Å². The van der Waals surface area contributed by atoms with E-state index < -0.39 is 5.60 Å². The maximum absolute atomic E-state index is 12.5. The van der Waals surface area contributed by atoms with Crippen LogP contribution in [0.5, 0.6) is 0 Å². The number of likely N-dealkylation sites (tertiary alicyclic amines) is 1. The normalized spacial score (nSPS) is 22.2. The summed E-state index contributed by atoms with van der Waals surface area (Å²) < 4.78 is 7.11. The lowest BCUT2D eigenvalue weighted by atomic mass is 10.0. The maximum atomic E-state index is 12.5. The number of amides is 3. The standard InChI is InChI=1S/C19H23N5O4/c1-22-12-19(28-11-16(22)25)6-8-23(13-19)18(27)20-7-9-24-17(26)15-5-3-2-4-14(15)10-21-24/h2-5,10H,6-9,11-13H2,1H3,(H,20,27)/t19-/m1/s1. The number of nitrogens with zero attached hydrogens (tertiary/aromatic N) is 4. The number of carbonyl (C=O) groups is 2. The van der Waals surface area contributed by atoms with E-state index in [2.05, 4.69) is 10.4 Å². The zero-order valence-corrected chi connectivity index (χ0v) is 15.8. The van der Waals surface area contributed by atoms with Gasteiger partial charge in [-0.2, -0.15) is 5.10 Å². The van der Waals surface area contributed by atoms with E-state index in [0.717, 1.165) is 5.39 Å². The number of urea groups is 1. The lowest BCUT2D eigenvalue weighted by molar-refractivity contribution is -0.158. The van der Waals surface area contributed by atoms with Gasteiger partial charge < -0.3 is 19.9 Å². The molecule has 0 bridgehead atoms. The lowest BCUT2D eigenvalue weighted by Gasteiger charge is -2.38. The minimum atomic E-state index is -0.475. The number of fused-ring (bicyclic) bond motifs is 1. The predicted octanol–water partition coefficient (Wildman–Crippen LogP) is 0.0392. The molecule has 0 saturated carbocycles. The van der Waals surface area contributed by atoms with E-state index in [9.17, 15) is 14.4 Å². The Morgan fingerprint density at radius 1 is 1.29 bits per heavy atom. The van der Waals surface area contributed by atoms with Gasteiger partial charge in [-0.05, 0) is 12.5 Å². The highest BCUT2D eigenvalue weighted by molar-refractivity contribution is 5.80. The lowest BCUT2D eigenvalue weighted by Crippen LogP contribution is -2.55. The number of likely N-dealkylation sites (N-methyl/N-ethyl adjacent to an activating group) is 1. The third kappa shape index (κ3) is 3.45. The van der Waals surface area contributed by atoms with Gasteiger partial charge in [0.05, 0.1) is 31.2 Å². The van der Waals surface area contributed by atoms with Gasteiger partial charge in [-0.15, -0.1) is 0 Å². The fourth-order valence-corrected chi connectivity index (χ4v) is 3.82. The molecule has 0 unspecified atom stereocenters. The fourth-order valence-electron chi connectivity index (χ4n) is 3.82. The van der Waals surface area contributed by atoms with Crippen molar-refractivity contribution in [1.29, 1.82) is 0 Å². The van der Waals surface area contributed by atoms with Crippen molar-refractivity contribution in [3.63, 3.8) is 0 Å². The van der Waals surface area contributed by atoms with Gasteiger partial charge in [0.25, 0.3) is 5.56 Å². The highest BCUT2D eigenvalue weighted by atomic mass is 16.5. The van der Waals surface area contributed by atoms with E-state index in [0.29, 0.717) is 44.5 Å². The van der Waals surface area contributed by atoms with Crippen molar-refractivity contribution in [3.05, 3.63) is 40.8 Å². The minimum Gasteiger partial charge on any atom is -0.361 e. The molecule has 2 aromatic rings. The molecule has 9 heteroatoms. The summed E-state index contributed by atoms with van der Waals surface area (Å²) in [6.07, 6.45) is 2.35. The van der Waals surface area contributed by atoms with Crippen LogP contribution in [0.15, 0.2) is 35.3 Å². The van der Waals surface area contributed by atoms with Crippen molar-refractivity contribution in [2.24, 2.45) is 0 Å². The van der Waals surface area contributed by atoms with E-state index in [1.165, 1.54) is 4.68 Å². The molecule has 4 rings (SSSR count). The van der Waals surface area contributed by atoms with E-state index in [1.807, 2.05) is 18.2 Å². The molecule has 1 atom stereocenters. The van der Waals surface area contributed by atoms with Crippen LogP contribution in [0.3, 0.4) is 0 Å². The third-order valence-corrected chi connectivity index (χ3v) is 5.42. The summed E-state index contributed by atoms with van der Waals surface area (Å²) in [6, 6.07) is 7.09. The molecule has 2 aliphatic rings. The molecule has 148 valence electrons. The predicted molar refractivity (Wildman–Crippen MR) is 102 cm³/mol. The number of carbonyl (C=O) groups excluding carboxylic acids is 2. The van der Waals surface area contributed by atoms with Gasteiger partial charge >= 0.3 is 6.03 Å². The highest BCUT2D eigenvalue weighted by Crippen LogP contribution is 2.29. The van der Waals surface area contributed by atoms with Crippen molar-refractivity contribution in [1.82, 2.24) is 24.9 Å². The Morgan fingerprint density at radius 2 is 2.11 bits per heavy atom. The highest BCUT2D eigenvalue weighted by Gasteiger charge is 2.45. The number of ether oxygens (including phenoxy) is 1. The SMILES string of the molecule is CN1C[C@@]2(CCN(C(=O)NCCn3ncc4ccccc4c3=O)C2)OCC1=O. The van der Waals surface area contributed by atoms with Gasteiger partial charge in [0.2, 0.25) is 5.91 Å². The van der Waals surface area contributed by atoms with Crippen LogP contribution in [-0.4, -0.2) is 77.0 Å². The van der Waals surface area contributed by atoms with Crippen LogP contribution in [-0.2, 0) is 16.1 Å². The number of aromatic nitrogens is 2. The quantitative estimate of drug-likeness (QED) is 0.805. The summed E-state index contributed by atoms with van der Waals surface area (Å²) in [5.41, 5.74) is -0.646. The Morgan fingerprint density at radius 3 is 2.93 bits per heavy atom. The van der Waals surface area contributed by atoms with Crippen molar-refractivity contribution in [2.45, 2.75) is 18.6 Å². The van der Waals surface area contributed by atoms with Crippen LogP contribution in [0, 0.1) is 0 Å². The molecular weight excluding hydrogens is 362 g/mol. The van der Waals surface area contributed by atoms with Gasteiger partial charge in [-0.25, -0.2) is 9.48 Å². The number of hydrogen-bond acceptors (Lipinski definition) is 5. The van der Waals surface area contributed by atoms with Crippen LogP contribution in [0.1, 0.15) is 6.42 Å². The number of rotatable bonds is 3. The van der Waals surface area contributed by atoms with E-state index in [-0.39, 0.29) is 24.1 Å². The average molecular weight is 385 g/mol. The maximum Gasteiger partial charge on any atom is 0.317 e. The van der Waals surface area contributed by atoms with E-state index in [1.54, 1.807) is 29.1 Å². The Balaban J connectivity index is 1.33. The Labute approximate surface area is 161 Å². The number of morpholine rings is 1. The molecule has 28 heavy (non-hydrogen) atoms. The zero-order chi connectivity index (χ0) is 19.7. The van der Waals surface area contributed by atoms with Gasteiger partial charge in [0.1, 0.15) is 12.2 Å². The van der Waals surface area contributed by atoms with Crippen LogP contribution >= 0.6 is 0 Å². The number of benzene rings is 1. The average Bonchev–Trinajstić information content (AvgIpc) is 3.11. The summed E-state index contributed by atoms with van der Waals surface area (Å²) in [7, 11) is 1.75. The second-order valence-electron chi connectivity index (χ2n) is 7.39. The summed E-state index contributed by atoms with van der Waals surface area (Å²) in [5, 5.41) is 8.41. The first-order valence-corrected chi connectivity index (χ1v) is 9.33. The minimum absolute atomic E-state index is 0.0400. The second kappa shape index (κ2) is 7.23. The van der Waals surface area contributed by atoms with Crippen LogP contribution in [0.2, 0.25) is 0 Å². The summed E-state index contributed by atoms with van der Waals surface area (Å²) in [5.74, 6) is -0.0400. The molecule has 0 radical (unpaired) electrons. The Bertz CT molecular complexity index is 974. The van der Waals surface area contributed by atoms with Gasteiger partial charge in [-0.3, -0.25) is 9.59 Å². The first kappa shape index (κ1) is 18.4. The molecule has 1 N–H and O–H groups in total. The molecule has 9 nitrogen and oxygen atoms in total. The third-order valence-electron chi connectivity index (χ3n) is 5.42. The van der Waals surface area contributed by atoms with Crippen LogP contribution in [0.4, 0.5) is 4.79 Å². The largest absolute Gasteiger partial charge is 0.361 e. The topological polar surface area (TPSA) is 96.8 Å². The first-order valence-electron chi connectivity index (χ1n) is 9.33. The van der Waals surface area contributed by atoms with Gasteiger partial charge in [0.15, 0.2) is 0 Å². The van der Waals surface area contributed by atoms with Gasteiger partial charge in [0, 0.05) is 25.5 Å². The van der Waals surface area contributed by atoms with Crippen molar-refractivity contribution >= 4 is 22.7 Å². The Hall–Kier alpha value is -2.94. The van der Waals surface area contributed by atoms with Crippen molar-refractivity contribution < 1.29 is 14.3 Å². The van der Waals surface area contributed by atoms with E-state index >= 15 is 0 Å². The summed E-state index contributed by atoms with van der Waals surface area (Å²) in [6.45, 7) is 2.16. The molecule has 1 aromatic heterocycles. The molecular formula is C19H23N5O4. The molecule has 0 aliphatic carbocycles. The van der Waals surface area contributed by atoms with E-state index in [4.69, 9.17) is 4.74 Å². The molecule has 2 fully saturated rings. The monoisotopic (exact) mass is 385 g/mol. The van der Waals surface area contributed by atoms with Crippen molar-refractivity contribution in [2.75, 3.05) is 39.8 Å². The van der Waals surface area contributed by atoms with Crippen LogP contribution in [0.25, 0.3) is 10.8 Å². The molecule has 2 aliphatic heterocycles. The molecule has 2 saturated heterocycles. The fraction of sp³-hybridized carbons (Fsp3) is 0.474. The zero-order valence-electron chi connectivity index (χ0n) is 15.8. The first-order chi connectivity index (χ1) is 13.5. The smallest absolute Gasteiger partial charge is 0.317 e. The molecule has 3 heterocycles. The summed E-state index contributed by atoms with van der Waals surface area (Å²) in [4.78, 5) is 39.9. The molecule has 1 aromatic carbocycles. The molecule has 1 spiro atoms.